The minimum absolute atomic E-state index is 0.102. The lowest BCUT2D eigenvalue weighted by Crippen LogP contribution is -2.35. The van der Waals surface area contributed by atoms with Gasteiger partial charge in [0.25, 0.3) is 10.0 Å². The monoisotopic (exact) mass is 289 g/mol. The molecule has 0 radical (unpaired) electrons. The number of sulfonamides is 1. The van der Waals surface area contributed by atoms with Crippen molar-refractivity contribution in [2.24, 2.45) is 0 Å². The van der Waals surface area contributed by atoms with Crippen molar-refractivity contribution in [2.75, 3.05) is 13.1 Å². The van der Waals surface area contributed by atoms with Crippen LogP contribution in [0.3, 0.4) is 0 Å². The van der Waals surface area contributed by atoms with E-state index in [2.05, 4.69) is 0 Å². The van der Waals surface area contributed by atoms with E-state index < -0.39 is 16.0 Å². The van der Waals surface area contributed by atoms with Crippen LogP contribution in [0.4, 0.5) is 0 Å². The van der Waals surface area contributed by atoms with Gasteiger partial charge in [0.05, 0.1) is 0 Å². The minimum atomic E-state index is -3.51. The van der Waals surface area contributed by atoms with E-state index >= 15 is 0 Å². The maximum atomic E-state index is 12.3. The van der Waals surface area contributed by atoms with Gasteiger partial charge in [-0.2, -0.15) is 4.31 Å². The lowest BCUT2D eigenvalue weighted by molar-refractivity contribution is 0.0701. The summed E-state index contributed by atoms with van der Waals surface area (Å²) < 4.78 is 26.2. The summed E-state index contributed by atoms with van der Waals surface area (Å²) in [5, 5.41) is 8.96. The van der Waals surface area contributed by atoms with Crippen molar-refractivity contribution in [3.63, 3.8) is 0 Å². The predicted octanol–water partition coefficient (Wildman–Crippen LogP) is 1.93. The average molecular weight is 289 g/mol. The Morgan fingerprint density at radius 3 is 2.44 bits per heavy atom. The van der Waals surface area contributed by atoms with Crippen LogP contribution in [0.15, 0.2) is 10.3 Å². The van der Waals surface area contributed by atoms with E-state index in [0.29, 0.717) is 18.7 Å². The number of carbonyl (C=O) groups is 1. The molecule has 1 aliphatic rings. The minimum Gasteiger partial charge on any atom is -0.477 e. The topological polar surface area (TPSA) is 74.7 Å². The van der Waals surface area contributed by atoms with Gasteiger partial charge in [-0.05, 0) is 31.4 Å². The highest BCUT2D eigenvalue weighted by Gasteiger charge is 2.29. The number of aromatic carboxylic acids is 1. The highest BCUT2D eigenvalue weighted by Crippen LogP contribution is 2.29. The number of hydrogen-bond donors (Lipinski definition) is 1. The van der Waals surface area contributed by atoms with Crippen LogP contribution in [0.25, 0.3) is 0 Å². The van der Waals surface area contributed by atoms with Gasteiger partial charge in [0.15, 0.2) is 0 Å². The molecule has 1 aliphatic heterocycles. The lowest BCUT2D eigenvalue weighted by Gasteiger charge is -2.25. The number of piperidine rings is 1. The van der Waals surface area contributed by atoms with E-state index in [9.17, 15) is 13.2 Å². The summed E-state index contributed by atoms with van der Waals surface area (Å²) in [5.74, 6) is -1.07. The molecule has 1 saturated heterocycles. The van der Waals surface area contributed by atoms with Crippen molar-refractivity contribution in [3.8, 4) is 0 Å². The smallest absolute Gasteiger partial charge is 0.346 e. The average Bonchev–Trinajstić information content (AvgIpc) is 2.73. The van der Waals surface area contributed by atoms with Crippen LogP contribution in [0.2, 0.25) is 0 Å². The maximum absolute atomic E-state index is 12.3. The Labute approximate surface area is 110 Å². The Bertz CT molecular complexity index is 556. The molecule has 18 heavy (non-hydrogen) atoms. The van der Waals surface area contributed by atoms with E-state index in [0.717, 1.165) is 30.6 Å². The van der Waals surface area contributed by atoms with E-state index in [1.54, 1.807) is 6.92 Å². The van der Waals surface area contributed by atoms with Gasteiger partial charge in [0.1, 0.15) is 9.09 Å². The van der Waals surface area contributed by atoms with Crippen LogP contribution in [0.1, 0.15) is 34.5 Å². The third-order valence-electron chi connectivity index (χ3n) is 3.00. The molecule has 5 nitrogen and oxygen atoms in total. The molecule has 100 valence electrons. The Morgan fingerprint density at radius 2 is 1.94 bits per heavy atom. The van der Waals surface area contributed by atoms with Crippen molar-refractivity contribution in [1.82, 2.24) is 4.31 Å². The molecule has 0 unspecified atom stereocenters. The van der Waals surface area contributed by atoms with Gasteiger partial charge in [0.2, 0.25) is 0 Å². The van der Waals surface area contributed by atoms with Crippen molar-refractivity contribution >= 4 is 27.3 Å². The number of carboxylic acid groups (broad SMARTS) is 1. The second kappa shape index (κ2) is 4.99. The Balaban J connectivity index is 2.35. The summed E-state index contributed by atoms with van der Waals surface area (Å²) in [4.78, 5) is 11.0. The van der Waals surface area contributed by atoms with Gasteiger partial charge in [-0.25, -0.2) is 13.2 Å². The van der Waals surface area contributed by atoms with Gasteiger partial charge in [0, 0.05) is 13.1 Å². The molecule has 1 N–H and O–H groups in total. The maximum Gasteiger partial charge on any atom is 0.346 e. The van der Waals surface area contributed by atoms with Gasteiger partial charge >= 0.3 is 5.97 Å². The van der Waals surface area contributed by atoms with E-state index in [-0.39, 0.29) is 9.09 Å². The number of aryl methyl sites for hydroxylation is 1. The first-order valence-corrected chi connectivity index (χ1v) is 8.02. The summed E-state index contributed by atoms with van der Waals surface area (Å²) in [5.41, 5.74) is 0.503. The third-order valence-corrected chi connectivity index (χ3v) is 6.57. The van der Waals surface area contributed by atoms with Crippen molar-refractivity contribution in [2.45, 2.75) is 30.4 Å². The highest BCUT2D eigenvalue weighted by molar-refractivity contribution is 7.91. The molecular weight excluding hydrogens is 274 g/mol. The molecule has 1 aromatic rings. The molecule has 0 spiro atoms. The zero-order chi connectivity index (χ0) is 13.3. The standard InChI is InChI=1S/C11H15NO4S2/c1-8-7-9(17-10(8)11(13)14)18(15,16)12-5-3-2-4-6-12/h7H,2-6H2,1H3,(H,13,14). The number of nitrogens with zero attached hydrogens (tertiary/aromatic N) is 1. The van der Waals surface area contributed by atoms with Crippen LogP contribution in [0.5, 0.6) is 0 Å². The van der Waals surface area contributed by atoms with Gasteiger partial charge in [-0.15, -0.1) is 11.3 Å². The van der Waals surface area contributed by atoms with Crippen molar-refractivity contribution in [3.05, 3.63) is 16.5 Å². The summed E-state index contributed by atoms with van der Waals surface area (Å²) in [6.45, 7) is 2.68. The number of carboxylic acids is 1. The third kappa shape index (κ3) is 2.43. The fourth-order valence-corrected chi connectivity index (χ4v) is 5.08. The molecule has 0 aromatic carbocycles. The molecule has 0 amide bonds. The zero-order valence-electron chi connectivity index (χ0n) is 10.0. The first kappa shape index (κ1) is 13.5. The van der Waals surface area contributed by atoms with Crippen LogP contribution in [-0.2, 0) is 10.0 Å². The molecule has 1 fully saturated rings. The molecule has 7 heteroatoms. The van der Waals surface area contributed by atoms with E-state index in [1.807, 2.05) is 0 Å². The van der Waals surface area contributed by atoms with Crippen LogP contribution in [0, 0.1) is 6.92 Å². The Hall–Kier alpha value is -0.920. The SMILES string of the molecule is Cc1cc(S(=O)(=O)N2CCCCC2)sc1C(=O)O. The molecule has 0 bridgehead atoms. The van der Waals surface area contributed by atoms with Crippen LogP contribution >= 0.6 is 11.3 Å². The fraction of sp³-hybridized carbons (Fsp3) is 0.545. The Morgan fingerprint density at radius 1 is 1.33 bits per heavy atom. The molecule has 2 heterocycles. The normalized spacial score (nSPS) is 17.8. The number of rotatable bonds is 3. The Kier molecular flexibility index (Phi) is 3.74. The first-order chi connectivity index (χ1) is 8.43. The van der Waals surface area contributed by atoms with Crippen molar-refractivity contribution in [1.29, 1.82) is 0 Å². The largest absolute Gasteiger partial charge is 0.477 e. The molecule has 2 rings (SSSR count). The van der Waals surface area contributed by atoms with Gasteiger partial charge in [-0.3, -0.25) is 0 Å². The predicted molar refractivity (Wildman–Crippen MR) is 68.6 cm³/mol. The van der Waals surface area contributed by atoms with Crippen molar-refractivity contribution < 1.29 is 18.3 Å². The fourth-order valence-electron chi connectivity index (χ4n) is 2.02. The van der Waals surface area contributed by atoms with Gasteiger partial charge < -0.3 is 5.11 Å². The summed E-state index contributed by atoms with van der Waals surface area (Å²) >= 11 is 0.839. The summed E-state index contributed by atoms with van der Waals surface area (Å²) in [6, 6.07) is 1.46. The van der Waals surface area contributed by atoms with Gasteiger partial charge in [-0.1, -0.05) is 6.42 Å². The second-order valence-electron chi connectivity index (χ2n) is 4.35. The quantitative estimate of drug-likeness (QED) is 0.922. The summed E-state index contributed by atoms with van der Waals surface area (Å²) in [6.07, 6.45) is 2.79. The van der Waals surface area contributed by atoms with Crippen LogP contribution in [-0.4, -0.2) is 36.9 Å². The van der Waals surface area contributed by atoms with Crippen LogP contribution < -0.4 is 0 Å². The van der Waals surface area contributed by atoms with E-state index in [4.69, 9.17) is 5.11 Å². The lowest BCUT2D eigenvalue weighted by atomic mass is 10.2. The molecule has 0 saturated carbocycles. The summed E-state index contributed by atoms with van der Waals surface area (Å²) in [7, 11) is -3.51. The molecule has 0 atom stereocenters. The molecule has 0 aliphatic carbocycles. The number of thiophene rings is 1. The van der Waals surface area contributed by atoms with E-state index in [1.165, 1.54) is 10.4 Å². The molecule has 1 aromatic heterocycles. The number of hydrogen-bond acceptors (Lipinski definition) is 4. The zero-order valence-corrected chi connectivity index (χ0v) is 11.7. The highest BCUT2D eigenvalue weighted by atomic mass is 32.2. The first-order valence-electron chi connectivity index (χ1n) is 5.77. The molecular formula is C11H15NO4S2. The second-order valence-corrected chi connectivity index (χ2v) is 7.56.